The van der Waals surface area contributed by atoms with Crippen molar-refractivity contribution in [2.45, 2.75) is 26.4 Å². The predicted molar refractivity (Wildman–Crippen MR) is 86.6 cm³/mol. The molecule has 1 aliphatic heterocycles. The van der Waals surface area contributed by atoms with Gasteiger partial charge in [0.05, 0.1) is 0 Å². The molecule has 0 radical (unpaired) electrons. The smallest absolute Gasteiger partial charge is 0.272 e. The van der Waals surface area contributed by atoms with E-state index in [1.54, 1.807) is 37.4 Å². The van der Waals surface area contributed by atoms with Crippen LogP contribution in [0.15, 0.2) is 36.5 Å². The van der Waals surface area contributed by atoms with E-state index in [9.17, 15) is 9.90 Å². The number of amides is 1. The van der Waals surface area contributed by atoms with E-state index >= 15 is 0 Å². The van der Waals surface area contributed by atoms with Crippen LogP contribution in [-0.2, 0) is 6.61 Å². The second kappa shape index (κ2) is 6.69. The molecule has 0 unspecified atom stereocenters. The van der Waals surface area contributed by atoms with Gasteiger partial charge in [0.15, 0.2) is 0 Å². The normalized spacial score (nSPS) is 14.0. The van der Waals surface area contributed by atoms with Crippen molar-refractivity contribution in [3.63, 3.8) is 0 Å². The highest BCUT2D eigenvalue weighted by Gasteiger charge is 2.23. The van der Waals surface area contributed by atoms with Gasteiger partial charge in [0.2, 0.25) is 0 Å². The Labute approximate surface area is 135 Å². The lowest BCUT2D eigenvalue weighted by molar-refractivity contribution is 0.0784. The Morgan fingerprint density at radius 2 is 2.04 bits per heavy atom. The third kappa shape index (κ3) is 3.28. The highest BCUT2D eigenvalue weighted by molar-refractivity contribution is 5.93. The summed E-state index contributed by atoms with van der Waals surface area (Å²) >= 11 is 0. The Bertz CT molecular complexity index is 709. The molecular weight excluding hydrogens is 292 g/mol. The number of aromatic nitrogens is 1. The summed E-state index contributed by atoms with van der Waals surface area (Å²) in [6.07, 6.45) is 3.73. The van der Waals surface area contributed by atoms with Crippen molar-refractivity contribution < 1.29 is 14.6 Å². The van der Waals surface area contributed by atoms with Gasteiger partial charge in [-0.2, -0.15) is 0 Å². The number of carbonyl (C=O) groups is 1. The molecule has 1 amide bonds. The molecule has 2 aromatic rings. The maximum absolute atomic E-state index is 12.6. The van der Waals surface area contributed by atoms with Crippen molar-refractivity contribution >= 4 is 5.91 Å². The minimum atomic E-state index is -0.0330. The molecule has 0 spiro atoms. The first-order chi connectivity index (χ1) is 11.2. The van der Waals surface area contributed by atoms with Crippen molar-refractivity contribution in [2.75, 3.05) is 13.1 Å². The van der Waals surface area contributed by atoms with E-state index in [0.29, 0.717) is 17.0 Å². The fourth-order valence-electron chi connectivity index (χ4n) is 2.73. The number of hydrogen-bond donors (Lipinski definition) is 1. The van der Waals surface area contributed by atoms with E-state index in [1.165, 1.54) is 0 Å². The lowest BCUT2D eigenvalue weighted by atomic mass is 10.1. The van der Waals surface area contributed by atoms with E-state index < -0.39 is 0 Å². The monoisotopic (exact) mass is 312 g/mol. The SMILES string of the molecule is Cc1c(O)cccc1OCc1cccnc1C(=O)N1CCCC1. The summed E-state index contributed by atoms with van der Waals surface area (Å²) in [5.74, 6) is 0.768. The topological polar surface area (TPSA) is 62.7 Å². The number of phenolic OH excluding ortho intramolecular Hbond substituents is 1. The summed E-state index contributed by atoms with van der Waals surface area (Å²) in [6.45, 7) is 3.62. The number of nitrogens with zero attached hydrogens (tertiary/aromatic N) is 2. The van der Waals surface area contributed by atoms with Gasteiger partial charge in [0.1, 0.15) is 23.8 Å². The highest BCUT2D eigenvalue weighted by atomic mass is 16.5. The van der Waals surface area contributed by atoms with Crippen molar-refractivity contribution in [3.8, 4) is 11.5 Å². The number of ether oxygens (including phenoxy) is 1. The van der Waals surface area contributed by atoms with Crippen molar-refractivity contribution in [1.82, 2.24) is 9.88 Å². The molecule has 0 aliphatic carbocycles. The number of pyridine rings is 1. The van der Waals surface area contributed by atoms with Gasteiger partial charge in [-0.05, 0) is 38.0 Å². The average Bonchev–Trinajstić information content (AvgIpc) is 3.10. The van der Waals surface area contributed by atoms with Crippen LogP contribution in [0.4, 0.5) is 0 Å². The molecule has 1 fully saturated rings. The van der Waals surface area contributed by atoms with Crippen LogP contribution in [0, 0.1) is 6.92 Å². The number of carbonyl (C=O) groups excluding carboxylic acids is 1. The number of benzene rings is 1. The van der Waals surface area contributed by atoms with E-state index in [-0.39, 0.29) is 18.3 Å². The van der Waals surface area contributed by atoms with Gasteiger partial charge in [0.25, 0.3) is 5.91 Å². The van der Waals surface area contributed by atoms with Crippen LogP contribution in [0.5, 0.6) is 11.5 Å². The van der Waals surface area contributed by atoms with Crippen LogP contribution in [0.25, 0.3) is 0 Å². The summed E-state index contributed by atoms with van der Waals surface area (Å²) in [5, 5.41) is 9.73. The number of likely N-dealkylation sites (tertiary alicyclic amines) is 1. The van der Waals surface area contributed by atoms with E-state index in [0.717, 1.165) is 31.5 Å². The van der Waals surface area contributed by atoms with Crippen LogP contribution in [0.3, 0.4) is 0 Å². The molecule has 0 saturated carbocycles. The highest BCUT2D eigenvalue weighted by Crippen LogP contribution is 2.27. The Balaban J connectivity index is 1.78. The van der Waals surface area contributed by atoms with E-state index in [2.05, 4.69) is 4.98 Å². The number of hydrogen-bond acceptors (Lipinski definition) is 4. The van der Waals surface area contributed by atoms with Crippen molar-refractivity contribution in [1.29, 1.82) is 0 Å². The molecule has 1 aliphatic rings. The van der Waals surface area contributed by atoms with Gasteiger partial charge in [0, 0.05) is 30.4 Å². The van der Waals surface area contributed by atoms with Gasteiger partial charge in [-0.25, -0.2) is 0 Å². The Morgan fingerprint density at radius 1 is 1.26 bits per heavy atom. The lowest BCUT2D eigenvalue weighted by Crippen LogP contribution is -2.29. The van der Waals surface area contributed by atoms with Gasteiger partial charge < -0.3 is 14.7 Å². The summed E-state index contributed by atoms with van der Waals surface area (Å²) in [7, 11) is 0. The molecule has 2 heterocycles. The van der Waals surface area contributed by atoms with Gasteiger partial charge in [-0.15, -0.1) is 0 Å². The van der Waals surface area contributed by atoms with Crippen LogP contribution >= 0.6 is 0 Å². The second-order valence-corrected chi connectivity index (χ2v) is 5.70. The largest absolute Gasteiger partial charge is 0.508 e. The number of rotatable bonds is 4. The zero-order valence-electron chi connectivity index (χ0n) is 13.2. The maximum atomic E-state index is 12.6. The molecule has 3 rings (SSSR count). The minimum Gasteiger partial charge on any atom is -0.508 e. The van der Waals surface area contributed by atoms with Gasteiger partial charge >= 0.3 is 0 Å². The first kappa shape index (κ1) is 15.3. The molecule has 1 saturated heterocycles. The van der Waals surface area contributed by atoms with Crippen LogP contribution < -0.4 is 4.74 Å². The van der Waals surface area contributed by atoms with Crippen molar-refractivity contribution in [3.05, 3.63) is 53.3 Å². The molecule has 1 aromatic heterocycles. The van der Waals surface area contributed by atoms with Crippen LogP contribution in [-0.4, -0.2) is 34.0 Å². The van der Waals surface area contributed by atoms with Crippen LogP contribution in [0.2, 0.25) is 0 Å². The molecule has 5 heteroatoms. The predicted octanol–water partition coefficient (Wildman–Crippen LogP) is 2.91. The zero-order valence-corrected chi connectivity index (χ0v) is 13.2. The standard InChI is InChI=1S/C18H20N2O3/c1-13-15(21)7-4-8-16(13)23-12-14-6-5-9-19-17(14)18(22)20-10-2-3-11-20/h4-9,21H,2-3,10-12H2,1H3. The Kier molecular flexibility index (Phi) is 4.46. The molecule has 1 N–H and O–H groups in total. The third-order valence-electron chi connectivity index (χ3n) is 4.13. The first-order valence-corrected chi connectivity index (χ1v) is 7.81. The molecule has 1 aromatic carbocycles. The lowest BCUT2D eigenvalue weighted by Gasteiger charge is -2.17. The summed E-state index contributed by atoms with van der Waals surface area (Å²) in [4.78, 5) is 18.7. The summed E-state index contributed by atoms with van der Waals surface area (Å²) in [5.41, 5.74) is 1.89. The quantitative estimate of drug-likeness (QED) is 0.943. The average molecular weight is 312 g/mol. The second-order valence-electron chi connectivity index (χ2n) is 5.70. The molecule has 120 valence electrons. The van der Waals surface area contributed by atoms with Crippen LogP contribution in [0.1, 0.15) is 34.5 Å². The zero-order chi connectivity index (χ0) is 16.2. The third-order valence-corrected chi connectivity index (χ3v) is 4.13. The fourth-order valence-corrected chi connectivity index (χ4v) is 2.73. The van der Waals surface area contributed by atoms with Gasteiger partial charge in [-0.1, -0.05) is 12.1 Å². The summed E-state index contributed by atoms with van der Waals surface area (Å²) in [6, 6.07) is 8.81. The summed E-state index contributed by atoms with van der Waals surface area (Å²) < 4.78 is 5.79. The first-order valence-electron chi connectivity index (χ1n) is 7.81. The maximum Gasteiger partial charge on any atom is 0.272 e. The van der Waals surface area contributed by atoms with Gasteiger partial charge in [-0.3, -0.25) is 9.78 Å². The number of aromatic hydroxyl groups is 1. The molecule has 5 nitrogen and oxygen atoms in total. The van der Waals surface area contributed by atoms with Crippen molar-refractivity contribution in [2.24, 2.45) is 0 Å². The molecule has 0 bridgehead atoms. The Morgan fingerprint density at radius 3 is 2.83 bits per heavy atom. The molecule has 23 heavy (non-hydrogen) atoms. The minimum absolute atomic E-state index is 0.0330. The molecule has 0 atom stereocenters. The number of phenols is 1. The van der Waals surface area contributed by atoms with E-state index in [4.69, 9.17) is 4.74 Å². The fraction of sp³-hybridized carbons (Fsp3) is 0.333. The molecular formula is C18H20N2O3. The van der Waals surface area contributed by atoms with E-state index in [1.807, 2.05) is 11.0 Å². The Hall–Kier alpha value is -2.56.